The van der Waals surface area contributed by atoms with Gasteiger partial charge in [0.15, 0.2) is 0 Å². The van der Waals surface area contributed by atoms with Crippen LogP contribution < -0.4 is 14.4 Å². The molecule has 1 fully saturated rings. The van der Waals surface area contributed by atoms with Crippen LogP contribution in [0.3, 0.4) is 0 Å². The summed E-state index contributed by atoms with van der Waals surface area (Å²) in [6.07, 6.45) is 0. The van der Waals surface area contributed by atoms with Gasteiger partial charge in [0.1, 0.15) is 17.5 Å². The van der Waals surface area contributed by atoms with Crippen molar-refractivity contribution in [2.45, 2.75) is 13.0 Å². The molecular formula is C20H21ClN2O4. The van der Waals surface area contributed by atoms with Crippen LogP contribution >= 0.6 is 11.6 Å². The number of methoxy groups -OCH3 is 2. The molecule has 27 heavy (non-hydrogen) atoms. The minimum absolute atomic E-state index is 0.190. The lowest BCUT2D eigenvalue weighted by Gasteiger charge is -2.39. The summed E-state index contributed by atoms with van der Waals surface area (Å²) in [5.74, 6) is 0.626. The zero-order valence-electron chi connectivity index (χ0n) is 15.4. The molecule has 1 unspecified atom stereocenters. The van der Waals surface area contributed by atoms with Crippen LogP contribution in [0.4, 0.5) is 5.69 Å². The lowest BCUT2D eigenvalue weighted by atomic mass is 10.1. The quantitative estimate of drug-likeness (QED) is 0.806. The SMILES string of the molecule is COc1ccccc1C(=O)N1CCN(c2cc(Cl)ccc2OC)C(=O)C1C. The Hall–Kier alpha value is -2.73. The third-order valence-electron chi connectivity index (χ3n) is 4.69. The largest absolute Gasteiger partial charge is 0.496 e. The predicted molar refractivity (Wildman–Crippen MR) is 104 cm³/mol. The molecule has 0 aliphatic carbocycles. The highest BCUT2D eigenvalue weighted by atomic mass is 35.5. The van der Waals surface area contributed by atoms with Crippen LogP contribution in [0.1, 0.15) is 17.3 Å². The van der Waals surface area contributed by atoms with Crippen LogP contribution in [0.2, 0.25) is 5.02 Å². The average molecular weight is 389 g/mol. The first-order valence-corrected chi connectivity index (χ1v) is 8.94. The van der Waals surface area contributed by atoms with Crippen LogP contribution in [0.15, 0.2) is 42.5 Å². The molecule has 0 bridgehead atoms. The number of carbonyl (C=O) groups is 2. The van der Waals surface area contributed by atoms with Crippen molar-refractivity contribution in [2.24, 2.45) is 0 Å². The number of hydrogen-bond donors (Lipinski definition) is 0. The molecule has 0 spiro atoms. The van der Waals surface area contributed by atoms with Crippen LogP contribution in [0.5, 0.6) is 11.5 Å². The van der Waals surface area contributed by atoms with Crippen LogP contribution in [-0.4, -0.2) is 50.1 Å². The average Bonchev–Trinajstić information content (AvgIpc) is 2.69. The Labute approximate surface area is 163 Å². The highest BCUT2D eigenvalue weighted by Gasteiger charge is 2.37. The molecule has 6 nitrogen and oxygen atoms in total. The summed E-state index contributed by atoms with van der Waals surface area (Å²) < 4.78 is 10.6. The molecule has 142 valence electrons. The van der Waals surface area contributed by atoms with E-state index in [9.17, 15) is 9.59 Å². The molecule has 2 aromatic rings. The number of piperazine rings is 1. The first-order chi connectivity index (χ1) is 13.0. The molecule has 0 radical (unpaired) electrons. The van der Waals surface area contributed by atoms with E-state index >= 15 is 0 Å². The van der Waals surface area contributed by atoms with E-state index in [2.05, 4.69) is 0 Å². The van der Waals surface area contributed by atoms with Crippen molar-refractivity contribution in [3.63, 3.8) is 0 Å². The Morgan fingerprint density at radius 2 is 1.78 bits per heavy atom. The minimum Gasteiger partial charge on any atom is -0.496 e. The molecule has 1 heterocycles. The zero-order chi connectivity index (χ0) is 19.6. The van der Waals surface area contributed by atoms with Gasteiger partial charge in [0.05, 0.1) is 25.5 Å². The number of hydrogen-bond acceptors (Lipinski definition) is 4. The highest BCUT2D eigenvalue weighted by Crippen LogP contribution is 2.33. The van der Waals surface area contributed by atoms with E-state index in [0.29, 0.717) is 40.9 Å². The number of carbonyl (C=O) groups excluding carboxylic acids is 2. The summed E-state index contributed by atoms with van der Waals surface area (Å²) in [5, 5.41) is 0.513. The molecule has 1 aliphatic heterocycles. The number of anilines is 1. The Morgan fingerprint density at radius 1 is 1.07 bits per heavy atom. The summed E-state index contributed by atoms with van der Waals surface area (Å²) in [6, 6.07) is 11.5. The smallest absolute Gasteiger partial charge is 0.258 e. The molecule has 0 N–H and O–H groups in total. The van der Waals surface area contributed by atoms with Crippen molar-refractivity contribution in [1.82, 2.24) is 4.90 Å². The first kappa shape index (κ1) is 19.0. The molecule has 1 atom stereocenters. The summed E-state index contributed by atoms with van der Waals surface area (Å²) >= 11 is 6.10. The molecule has 0 saturated carbocycles. The number of para-hydroxylation sites is 1. The third kappa shape index (κ3) is 3.57. The summed E-state index contributed by atoms with van der Waals surface area (Å²) in [5.41, 5.74) is 1.04. The van der Waals surface area contributed by atoms with Gasteiger partial charge in [-0.1, -0.05) is 23.7 Å². The highest BCUT2D eigenvalue weighted by molar-refractivity contribution is 6.31. The minimum atomic E-state index is -0.625. The van der Waals surface area contributed by atoms with Crippen molar-refractivity contribution < 1.29 is 19.1 Å². The van der Waals surface area contributed by atoms with Gasteiger partial charge in [-0.25, -0.2) is 0 Å². The van der Waals surface area contributed by atoms with E-state index in [1.807, 2.05) is 0 Å². The van der Waals surface area contributed by atoms with Gasteiger partial charge < -0.3 is 19.3 Å². The molecule has 2 aromatic carbocycles. The van der Waals surface area contributed by atoms with Gasteiger partial charge in [-0.05, 0) is 37.3 Å². The maximum absolute atomic E-state index is 13.0. The van der Waals surface area contributed by atoms with E-state index in [0.717, 1.165) is 0 Å². The maximum Gasteiger partial charge on any atom is 0.258 e. The molecule has 1 saturated heterocycles. The summed E-state index contributed by atoms with van der Waals surface area (Å²) in [4.78, 5) is 29.2. The van der Waals surface area contributed by atoms with Crippen LogP contribution in [0.25, 0.3) is 0 Å². The van der Waals surface area contributed by atoms with Gasteiger partial charge >= 0.3 is 0 Å². The number of ether oxygens (including phenoxy) is 2. The van der Waals surface area contributed by atoms with E-state index in [-0.39, 0.29) is 11.8 Å². The standard InChI is InChI=1S/C20H21ClN2O4/c1-13-19(24)23(16-12-14(21)8-9-18(16)27-3)11-10-22(13)20(25)15-6-4-5-7-17(15)26-2/h4-9,12-13H,10-11H2,1-3H3. The van der Waals surface area contributed by atoms with Gasteiger partial charge in [-0.3, -0.25) is 9.59 Å². The van der Waals surface area contributed by atoms with Crippen molar-refractivity contribution in [2.75, 3.05) is 32.2 Å². The number of halogens is 1. The fourth-order valence-corrected chi connectivity index (χ4v) is 3.40. The van der Waals surface area contributed by atoms with Gasteiger partial charge in [-0.15, -0.1) is 0 Å². The molecule has 1 aliphatic rings. The van der Waals surface area contributed by atoms with Gasteiger partial charge in [0, 0.05) is 18.1 Å². The summed E-state index contributed by atoms with van der Waals surface area (Å²) in [6.45, 7) is 2.46. The second-order valence-corrected chi connectivity index (χ2v) is 6.62. The lowest BCUT2D eigenvalue weighted by molar-refractivity contribution is -0.124. The second kappa shape index (κ2) is 7.88. The van der Waals surface area contributed by atoms with Gasteiger partial charge in [-0.2, -0.15) is 0 Å². The van der Waals surface area contributed by atoms with Gasteiger partial charge in [0.25, 0.3) is 5.91 Å². The van der Waals surface area contributed by atoms with Crippen molar-refractivity contribution >= 4 is 29.1 Å². The number of amides is 2. The Kier molecular flexibility index (Phi) is 5.56. The van der Waals surface area contributed by atoms with E-state index in [1.165, 1.54) is 7.11 Å². The van der Waals surface area contributed by atoms with Gasteiger partial charge in [0.2, 0.25) is 5.91 Å². The molecular weight excluding hydrogens is 368 g/mol. The molecule has 0 aromatic heterocycles. The van der Waals surface area contributed by atoms with Crippen molar-refractivity contribution in [3.8, 4) is 11.5 Å². The normalized spacial score (nSPS) is 17.0. The third-order valence-corrected chi connectivity index (χ3v) is 4.92. The fraction of sp³-hybridized carbons (Fsp3) is 0.300. The van der Waals surface area contributed by atoms with Crippen LogP contribution in [0, 0.1) is 0 Å². The van der Waals surface area contributed by atoms with E-state index < -0.39 is 6.04 Å². The first-order valence-electron chi connectivity index (χ1n) is 8.56. The zero-order valence-corrected chi connectivity index (χ0v) is 16.2. The Bertz CT molecular complexity index is 871. The van der Waals surface area contributed by atoms with Crippen molar-refractivity contribution in [1.29, 1.82) is 0 Å². The summed E-state index contributed by atoms with van der Waals surface area (Å²) in [7, 11) is 3.06. The number of rotatable bonds is 4. The fourth-order valence-electron chi connectivity index (χ4n) is 3.24. The Balaban J connectivity index is 1.87. The second-order valence-electron chi connectivity index (χ2n) is 6.18. The predicted octanol–water partition coefficient (Wildman–Crippen LogP) is 3.23. The maximum atomic E-state index is 13.0. The Morgan fingerprint density at radius 3 is 2.48 bits per heavy atom. The topological polar surface area (TPSA) is 59.1 Å². The molecule has 7 heteroatoms. The lowest BCUT2D eigenvalue weighted by Crippen LogP contribution is -2.57. The number of benzene rings is 2. The molecule has 2 amide bonds. The number of nitrogens with zero attached hydrogens (tertiary/aromatic N) is 2. The van der Waals surface area contributed by atoms with E-state index in [1.54, 1.807) is 66.3 Å². The van der Waals surface area contributed by atoms with E-state index in [4.69, 9.17) is 21.1 Å². The monoisotopic (exact) mass is 388 g/mol. The molecule has 3 rings (SSSR count). The van der Waals surface area contributed by atoms with Crippen LogP contribution in [-0.2, 0) is 4.79 Å². The van der Waals surface area contributed by atoms with Crippen molar-refractivity contribution in [3.05, 3.63) is 53.1 Å².